The van der Waals surface area contributed by atoms with Gasteiger partial charge in [0.15, 0.2) is 0 Å². The summed E-state index contributed by atoms with van der Waals surface area (Å²) < 4.78 is 15.9. The average Bonchev–Trinajstić information content (AvgIpc) is 3.01. The fraction of sp³-hybridized carbons (Fsp3) is 0.0909. The van der Waals surface area contributed by atoms with Crippen molar-refractivity contribution < 1.29 is 9.18 Å². The zero-order chi connectivity index (χ0) is 19.7. The highest BCUT2D eigenvalue weighted by molar-refractivity contribution is 6.05. The van der Waals surface area contributed by atoms with E-state index in [-0.39, 0.29) is 11.7 Å². The maximum absolute atomic E-state index is 14.2. The van der Waals surface area contributed by atoms with Gasteiger partial charge >= 0.3 is 0 Å². The number of hydrogen-bond donors (Lipinski definition) is 2. The molecule has 1 amide bonds. The number of hydrogen-bond acceptors (Lipinski definition) is 3. The van der Waals surface area contributed by atoms with Gasteiger partial charge in [-0.1, -0.05) is 36.4 Å². The Morgan fingerprint density at radius 3 is 2.57 bits per heavy atom. The Kier molecular flexibility index (Phi) is 4.53. The predicted molar refractivity (Wildman–Crippen MR) is 109 cm³/mol. The van der Waals surface area contributed by atoms with Crippen molar-refractivity contribution in [2.45, 2.75) is 13.5 Å². The summed E-state index contributed by atoms with van der Waals surface area (Å²) in [6, 6.07) is 19.2. The van der Waals surface area contributed by atoms with Gasteiger partial charge in [-0.15, -0.1) is 0 Å². The van der Waals surface area contributed by atoms with Crippen molar-refractivity contribution in [3.63, 3.8) is 0 Å². The maximum Gasteiger partial charge on any atom is 0.255 e. The Hall–Kier alpha value is -3.67. The van der Waals surface area contributed by atoms with E-state index in [2.05, 4.69) is 10.4 Å². The number of anilines is 2. The summed E-state index contributed by atoms with van der Waals surface area (Å²) in [5.41, 5.74) is 9.65. The minimum absolute atomic E-state index is 0.240. The number of fused-ring (bicyclic) bond motifs is 1. The van der Waals surface area contributed by atoms with Crippen LogP contribution in [0.15, 0.2) is 66.7 Å². The van der Waals surface area contributed by atoms with Gasteiger partial charge in [0, 0.05) is 10.9 Å². The third kappa shape index (κ3) is 3.32. The largest absolute Gasteiger partial charge is 0.397 e. The van der Waals surface area contributed by atoms with E-state index in [9.17, 15) is 9.18 Å². The van der Waals surface area contributed by atoms with Gasteiger partial charge in [-0.25, -0.2) is 4.39 Å². The Balaban J connectivity index is 1.54. The fourth-order valence-electron chi connectivity index (χ4n) is 3.21. The molecule has 4 rings (SSSR count). The monoisotopic (exact) mass is 374 g/mol. The highest BCUT2D eigenvalue weighted by Crippen LogP contribution is 2.22. The number of carbonyl (C=O) groups excluding carboxylic acids is 1. The number of carbonyl (C=O) groups is 1. The first kappa shape index (κ1) is 17.7. The lowest BCUT2D eigenvalue weighted by Gasteiger charge is -2.09. The second kappa shape index (κ2) is 7.15. The van der Waals surface area contributed by atoms with Crippen molar-refractivity contribution in [1.82, 2.24) is 9.78 Å². The molecule has 0 fully saturated rings. The number of amides is 1. The Morgan fingerprint density at radius 1 is 1.07 bits per heavy atom. The standard InChI is InChI=1S/C22H19FN4O/c1-14-17-5-4-6-18(23)21(17)27(26-14)13-15-9-11-16(12-10-15)22(28)25-20-8-3-2-7-19(20)24/h2-12H,13,24H2,1H3,(H,25,28). The minimum atomic E-state index is -0.297. The number of nitrogens with zero attached hydrogens (tertiary/aromatic N) is 2. The molecule has 0 bridgehead atoms. The molecule has 0 atom stereocenters. The molecule has 3 aromatic carbocycles. The van der Waals surface area contributed by atoms with Gasteiger partial charge in [-0.05, 0) is 42.8 Å². The third-order valence-corrected chi connectivity index (χ3v) is 4.66. The van der Waals surface area contributed by atoms with Gasteiger partial charge < -0.3 is 11.1 Å². The minimum Gasteiger partial charge on any atom is -0.397 e. The predicted octanol–water partition coefficient (Wildman–Crippen LogP) is 4.37. The van der Waals surface area contributed by atoms with Crippen LogP contribution in [0.1, 0.15) is 21.6 Å². The van der Waals surface area contributed by atoms with E-state index in [1.54, 1.807) is 35.0 Å². The fourth-order valence-corrected chi connectivity index (χ4v) is 3.21. The number of aromatic nitrogens is 2. The second-order valence-electron chi connectivity index (χ2n) is 6.62. The number of benzene rings is 3. The molecule has 0 aliphatic rings. The van der Waals surface area contributed by atoms with E-state index in [4.69, 9.17) is 5.73 Å². The molecular weight excluding hydrogens is 355 g/mol. The van der Waals surface area contributed by atoms with Gasteiger partial charge in [0.05, 0.1) is 23.6 Å². The van der Waals surface area contributed by atoms with Gasteiger partial charge in [0.2, 0.25) is 0 Å². The topological polar surface area (TPSA) is 72.9 Å². The van der Waals surface area contributed by atoms with Crippen LogP contribution in [0.4, 0.5) is 15.8 Å². The summed E-state index contributed by atoms with van der Waals surface area (Å²) in [5.74, 6) is -0.537. The van der Waals surface area contributed by atoms with Gasteiger partial charge in [0.25, 0.3) is 5.91 Å². The second-order valence-corrected chi connectivity index (χ2v) is 6.62. The smallest absolute Gasteiger partial charge is 0.255 e. The molecule has 0 spiro atoms. The van der Waals surface area contributed by atoms with Crippen LogP contribution in [-0.4, -0.2) is 15.7 Å². The summed E-state index contributed by atoms with van der Waals surface area (Å²) in [5, 5.41) is 8.05. The van der Waals surface area contributed by atoms with Gasteiger partial charge in [0.1, 0.15) is 11.3 Å². The first-order chi connectivity index (χ1) is 13.5. The summed E-state index contributed by atoms with van der Waals surface area (Å²) in [6.45, 7) is 2.28. The van der Waals surface area contributed by atoms with Crippen LogP contribution >= 0.6 is 0 Å². The lowest BCUT2D eigenvalue weighted by atomic mass is 10.1. The van der Waals surface area contributed by atoms with E-state index >= 15 is 0 Å². The molecule has 0 unspecified atom stereocenters. The van der Waals surface area contributed by atoms with Gasteiger partial charge in [-0.2, -0.15) is 5.10 Å². The van der Waals surface area contributed by atoms with E-state index in [1.165, 1.54) is 6.07 Å². The molecule has 6 heteroatoms. The molecule has 5 nitrogen and oxygen atoms in total. The van der Waals surface area contributed by atoms with Crippen molar-refractivity contribution in [3.05, 3.63) is 89.4 Å². The van der Waals surface area contributed by atoms with Crippen LogP contribution in [0, 0.1) is 12.7 Å². The highest BCUT2D eigenvalue weighted by Gasteiger charge is 2.12. The molecule has 0 aliphatic carbocycles. The number of para-hydroxylation sites is 3. The summed E-state index contributed by atoms with van der Waals surface area (Å²) in [4.78, 5) is 12.4. The Morgan fingerprint density at radius 2 is 1.82 bits per heavy atom. The van der Waals surface area contributed by atoms with Crippen molar-refractivity contribution in [2.24, 2.45) is 0 Å². The van der Waals surface area contributed by atoms with Crippen LogP contribution in [0.5, 0.6) is 0 Å². The zero-order valence-electron chi connectivity index (χ0n) is 15.3. The van der Waals surface area contributed by atoms with Crippen LogP contribution in [0.2, 0.25) is 0 Å². The lowest BCUT2D eigenvalue weighted by molar-refractivity contribution is 0.102. The Labute approximate surface area is 161 Å². The summed E-state index contributed by atoms with van der Waals surface area (Å²) in [7, 11) is 0. The molecule has 0 aliphatic heterocycles. The van der Waals surface area contributed by atoms with E-state index in [0.717, 1.165) is 16.6 Å². The first-order valence-electron chi connectivity index (χ1n) is 8.89. The normalized spacial score (nSPS) is 10.9. The van der Waals surface area contributed by atoms with E-state index < -0.39 is 0 Å². The highest BCUT2D eigenvalue weighted by atomic mass is 19.1. The SMILES string of the molecule is Cc1nn(Cc2ccc(C(=O)Nc3ccccc3N)cc2)c2c(F)cccc12. The quantitative estimate of drug-likeness (QED) is 0.521. The Bertz CT molecular complexity index is 1170. The molecule has 3 N–H and O–H groups in total. The number of aryl methyl sites for hydroxylation is 1. The maximum atomic E-state index is 14.2. The molecule has 0 saturated heterocycles. The van der Waals surface area contributed by atoms with Gasteiger partial charge in [-0.3, -0.25) is 9.48 Å². The van der Waals surface area contributed by atoms with Crippen molar-refractivity contribution in [2.75, 3.05) is 11.1 Å². The van der Waals surface area contributed by atoms with Crippen molar-refractivity contribution in [3.8, 4) is 0 Å². The number of nitrogens with two attached hydrogens (primary N) is 1. The zero-order valence-corrected chi connectivity index (χ0v) is 15.3. The molecule has 0 saturated carbocycles. The average molecular weight is 374 g/mol. The summed E-state index contributed by atoms with van der Waals surface area (Å²) in [6.07, 6.45) is 0. The molecule has 1 heterocycles. The van der Waals surface area contributed by atoms with Crippen molar-refractivity contribution >= 4 is 28.2 Å². The van der Waals surface area contributed by atoms with Crippen LogP contribution in [0.25, 0.3) is 10.9 Å². The van der Waals surface area contributed by atoms with Crippen molar-refractivity contribution in [1.29, 1.82) is 0 Å². The van der Waals surface area contributed by atoms with Crippen LogP contribution in [0.3, 0.4) is 0 Å². The first-order valence-corrected chi connectivity index (χ1v) is 8.89. The number of rotatable bonds is 4. The number of nitrogens with one attached hydrogen (secondary N) is 1. The molecule has 4 aromatic rings. The van der Waals surface area contributed by atoms with Crippen LogP contribution in [-0.2, 0) is 6.54 Å². The van der Waals surface area contributed by atoms with Crippen LogP contribution < -0.4 is 11.1 Å². The summed E-state index contributed by atoms with van der Waals surface area (Å²) >= 11 is 0. The van der Waals surface area contributed by atoms with E-state index in [0.29, 0.717) is 29.0 Å². The number of nitrogen functional groups attached to an aromatic ring is 1. The molecule has 1 aromatic heterocycles. The molecular formula is C22H19FN4O. The lowest BCUT2D eigenvalue weighted by Crippen LogP contribution is -2.13. The molecule has 0 radical (unpaired) electrons. The number of halogens is 1. The van der Waals surface area contributed by atoms with E-state index in [1.807, 2.05) is 37.3 Å². The third-order valence-electron chi connectivity index (χ3n) is 4.66. The molecule has 28 heavy (non-hydrogen) atoms. The molecule has 140 valence electrons.